The van der Waals surface area contributed by atoms with Crippen molar-refractivity contribution >= 4 is 22.8 Å². The standard InChI is InChI=1S/C19H24N4O2/c24-18-10-15(12-23(18)11-14-6-7-14)19(25)20-8-3-9-22-13-21-16-4-1-2-5-17(16)22/h1-2,4-5,13-15H,3,6-12H2,(H,20,25)/t15-/m0/s1. The number of benzene rings is 1. The molecule has 1 aromatic heterocycles. The molecule has 25 heavy (non-hydrogen) atoms. The Hall–Kier alpha value is -2.37. The van der Waals surface area contributed by atoms with Gasteiger partial charge in [0.15, 0.2) is 0 Å². The molecule has 0 spiro atoms. The predicted molar refractivity (Wildman–Crippen MR) is 94.8 cm³/mol. The molecular weight excluding hydrogens is 316 g/mol. The van der Waals surface area contributed by atoms with Crippen LogP contribution in [-0.2, 0) is 16.1 Å². The van der Waals surface area contributed by atoms with Crippen molar-refractivity contribution < 1.29 is 9.59 Å². The van der Waals surface area contributed by atoms with Crippen LogP contribution in [0.15, 0.2) is 30.6 Å². The Morgan fingerprint density at radius 2 is 2.12 bits per heavy atom. The van der Waals surface area contributed by atoms with Gasteiger partial charge in [-0.05, 0) is 37.3 Å². The number of aromatic nitrogens is 2. The fourth-order valence-corrected chi connectivity index (χ4v) is 3.53. The van der Waals surface area contributed by atoms with Crippen molar-refractivity contribution in [2.75, 3.05) is 19.6 Å². The monoisotopic (exact) mass is 340 g/mol. The molecule has 4 rings (SSSR count). The molecule has 2 fully saturated rings. The average molecular weight is 340 g/mol. The van der Waals surface area contributed by atoms with Crippen LogP contribution in [0.5, 0.6) is 0 Å². The molecule has 1 saturated heterocycles. The number of carbonyl (C=O) groups is 2. The number of amides is 2. The molecule has 2 aromatic rings. The maximum absolute atomic E-state index is 12.3. The molecule has 1 aliphatic heterocycles. The van der Waals surface area contributed by atoms with E-state index in [0.717, 1.165) is 30.5 Å². The Kier molecular flexibility index (Phi) is 4.42. The molecule has 0 radical (unpaired) electrons. The van der Waals surface area contributed by atoms with Gasteiger partial charge in [-0.3, -0.25) is 9.59 Å². The van der Waals surface area contributed by atoms with Gasteiger partial charge in [0.25, 0.3) is 0 Å². The molecule has 6 heteroatoms. The summed E-state index contributed by atoms with van der Waals surface area (Å²) < 4.78 is 2.11. The summed E-state index contributed by atoms with van der Waals surface area (Å²) in [4.78, 5) is 30.5. The number of imidazole rings is 1. The number of carbonyl (C=O) groups excluding carboxylic acids is 2. The lowest BCUT2D eigenvalue weighted by atomic mass is 10.1. The van der Waals surface area contributed by atoms with E-state index in [0.29, 0.717) is 25.4 Å². The zero-order chi connectivity index (χ0) is 17.2. The zero-order valence-electron chi connectivity index (χ0n) is 14.4. The minimum Gasteiger partial charge on any atom is -0.356 e. The van der Waals surface area contributed by atoms with Gasteiger partial charge in [0.1, 0.15) is 0 Å². The summed E-state index contributed by atoms with van der Waals surface area (Å²) in [5, 5.41) is 2.99. The lowest BCUT2D eigenvalue weighted by Gasteiger charge is -2.16. The first-order chi connectivity index (χ1) is 12.2. The normalized spacial score (nSPS) is 20.4. The summed E-state index contributed by atoms with van der Waals surface area (Å²) in [6.45, 7) is 2.88. The number of hydrogen-bond acceptors (Lipinski definition) is 3. The van der Waals surface area contributed by atoms with Crippen molar-refractivity contribution in [3.63, 3.8) is 0 Å². The van der Waals surface area contributed by atoms with Crippen molar-refractivity contribution in [1.29, 1.82) is 0 Å². The van der Waals surface area contributed by atoms with Crippen LogP contribution in [0.3, 0.4) is 0 Å². The largest absolute Gasteiger partial charge is 0.356 e. The lowest BCUT2D eigenvalue weighted by molar-refractivity contribution is -0.129. The third kappa shape index (κ3) is 3.67. The number of fused-ring (bicyclic) bond motifs is 1. The van der Waals surface area contributed by atoms with Crippen LogP contribution < -0.4 is 5.32 Å². The number of hydrogen-bond donors (Lipinski definition) is 1. The van der Waals surface area contributed by atoms with Gasteiger partial charge in [-0.1, -0.05) is 12.1 Å². The highest BCUT2D eigenvalue weighted by molar-refractivity contribution is 5.89. The quantitative estimate of drug-likeness (QED) is 0.782. The van der Waals surface area contributed by atoms with Crippen LogP contribution in [0.4, 0.5) is 0 Å². The molecule has 2 aliphatic rings. The number of aryl methyl sites for hydroxylation is 1. The molecular formula is C19H24N4O2. The SMILES string of the molecule is O=C(NCCCn1cnc2ccccc21)[C@H]1CC(=O)N(CC2CC2)C1. The molecule has 0 bridgehead atoms. The van der Waals surface area contributed by atoms with Crippen molar-refractivity contribution in [3.05, 3.63) is 30.6 Å². The van der Waals surface area contributed by atoms with Gasteiger partial charge >= 0.3 is 0 Å². The highest BCUT2D eigenvalue weighted by Crippen LogP contribution is 2.31. The molecule has 0 unspecified atom stereocenters. The van der Waals surface area contributed by atoms with E-state index in [9.17, 15) is 9.59 Å². The third-order valence-electron chi connectivity index (χ3n) is 5.16. The molecule has 2 amide bonds. The first-order valence-electron chi connectivity index (χ1n) is 9.16. The van der Waals surface area contributed by atoms with Gasteiger partial charge in [0.2, 0.25) is 11.8 Å². The second kappa shape index (κ2) is 6.86. The Balaban J connectivity index is 1.22. The van der Waals surface area contributed by atoms with Crippen LogP contribution in [0, 0.1) is 11.8 Å². The topological polar surface area (TPSA) is 67.2 Å². The van der Waals surface area contributed by atoms with Crippen LogP contribution >= 0.6 is 0 Å². The Morgan fingerprint density at radius 3 is 2.96 bits per heavy atom. The van der Waals surface area contributed by atoms with Gasteiger partial charge in [0.05, 0.1) is 23.3 Å². The summed E-state index contributed by atoms with van der Waals surface area (Å²) in [6.07, 6.45) is 5.51. The highest BCUT2D eigenvalue weighted by atomic mass is 16.2. The summed E-state index contributed by atoms with van der Waals surface area (Å²) in [5.74, 6) is 0.648. The first-order valence-corrected chi connectivity index (χ1v) is 9.16. The molecule has 1 N–H and O–H groups in total. The summed E-state index contributed by atoms with van der Waals surface area (Å²) in [5.41, 5.74) is 2.11. The van der Waals surface area contributed by atoms with Gasteiger partial charge < -0.3 is 14.8 Å². The fourth-order valence-electron chi connectivity index (χ4n) is 3.53. The molecule has 1 aromatic carbocycles. The number of para-hydroxylation sites is 2. The third-order valence-corrected chi connectivity index (χ3v) is 5.16. The number of rotatable bonds is 7. The van der Waals surface area contributed by atoms with Crippen molar-refractivity contribution in [2.45, 2.75) is 32.2 Å². The smallest absolute Gasteiger partial charge is 0.225 e. The Bertz CT molecular complexity index is 781. The van der Waals surface area contributed by atoms with Crippen molar-refractivity contribution in [3.8, 4) is 0 Å². The van der Waals surface area contributed by atoms with Gasteiger partial charge in [0, 0.05) is 32.6 Å². The number of nitrogens with one attached hydrogen (secondary N) is 1. The molecule has 2 heterocycles. The lowest BCUT2D eigenvalue weighted by Crippen LogP contribution is -2.34. The average Bonchev–Trinajstić information content (AvgIpc) is 3.23. The minimum atomic E-state index is -0.180. The summed E-state index contributed by atoms with van der Waals surface area (Å²) in [6, 6.07) is 8.04. The van der Waals surface area contributed by atoms with E-state index in [1.54, 1.807) is 0 Å². The van der Waals surface area contributed by atoms with Crippen LogP contribution in [-0.4, -0.2) is 45.9 Å². The van der Waals surface area contributed by atoms with Gasteiger partial charge in [-0.2, -0.15) is 0 Å². The molecule has 1 aliphatic carbocycles. The minimum absolute atomic E-state index is 0.0159. The van der Waals surface area contributed by atoms with Crippen LogP contribution in [0.2, 0.25) is 0 Å². The van der Waals surface area contributed by atoms with E-state index < -0.39 is 0 Å². The molecule has 132 valence electrons. The number of likely N-dealkylation sites (tertiary alicyclic amines) is 1. The van der Waals surface area contributed by atoms with Crippen LogP contribution in [0.25, 0.3) is 11.0 Å². The van der Waals surface area contributed by atoms with E-state index in [4.69, 9.17) is 0 Å². The Labute approximate surface area is 147 Å². The maximum atomic E-state index is 12.3. The van der Waals surface area contributed by atoms with Gasteiger partial charge in [-0.25, -0.2) is 4.98 Å². The van der Waals surface area contributed by atoms with Crippen LogP contribution in [0.1, 0.15) is 25.7 Å². The summed E-state index contributed by atoms with van der Waals surface area (Å²) >= 11 is 0. The molecule has 6 nitrogen and oxygen atoms in total. The van der Waals surface area contributed by atoms with E-state index in [2.05, 4.69) is 20.9 Å². The van der Waals surface area contributed by atoms with E-state index in [1.807, 2.05) is 29.4 Å². The molecule has 1 saturated carbocycles. The summed E-state index contributed by atoms with van der Waals surface area (Å²) in [7, 11) is 0. The number of nitrogens with zero attached hydrogens (tertiary/aromatic N) is 3. The highest BCUT2D eigenvalue weighted by Gasteiger charge is 2.36. The molecule has 1 atom stereocenters. The fraction of sp³-hybridized carbons (Fsp3) is 0.526. The second-order valence-corrected chi connectivity index (χ2v) is 7.21. The van der Waals surface area contributed by atoms with E-state index >= 15 is 0 Å². The predicted octanol–water partition coefficient (Wildman–Crippen LogP) is 1.80. The van der Waals surface area contributed by atoms with Crippen molar-refractivity contribution in [2.24, 2.45) is 11.8 Å². The first kappa shape index (κ1) is 16.1. The zero-order valence-corrected chi connectivity index (χ0v) is 14.4. The van der Waals surface area contributed by atoms with Crippen molar-refractivity contribution in [1.82, 2.24) is 19.8 Å². The maximum Gasteiger partial charge on any atom is 0.225 e. The second-order valence-electron chi connectivity index (χ2n) is 7.21. The van der Waals surface area contributed by atoms with E-state index in [-0.39, 0.29) is 17.7 Å². The van der Waals surface area contributed by atoms with Gasteiger partial charge in [-0.15, -0.1) is 0 Å². The van der Waals surface area contributed by atoms with E-state index in [1.165, 1.54) is 12.8 Å². The Morgan fingerprint density at radius 1 is 1.28 bits per heavy atom.